The molecule has 0 aliphatic carbocycles. The maximum absolute atomic E-state index is 13.3. The predicted molar refractivity (Wildman–Crippen MR) is 73.1 cm³/mol. The van der Waals surface area contributed by atoms with Crippen LogP contribution in [0.3, 0.4) is 0 Å². The van der Waals surface area contributed by atoms with Crippen molar-refractivity contribution in [3.05, 3.63) is 70.8 Å². The number of nitrogens with one attached hydrogen (secondary N) is 1. The fraction of sp³-hybridized carbons (Fsp3) is 0.250. The van der Waals surface area contributed by atoms with Crippen LogP contribution in [0.15, 0.2) is 42.5 Å². The highest BCUT2D eigenvalue weighted by Gasteiger charge is 2.13. The summed E-state index contributed by atoms with van der Waals surface area (Å²) in [5.41, 5.74) is 2.82. The van der Waals surface area contributed by atoms with Gasteiger partial charge < -0.3 is 5.32 Å². The Labute approximate surface area is 112 Å². The minimum atomic E-state index is -0.555. The normalized spacial score (nSPS) is 12.4. The van der Waals surface area contributed by atoms with Crippen molar-refractivity contribution in [3.8, 4) is 0 Å². The van der Waals surface area contributed by atoms with Gasteiger partial charge in [-0.05, 0) is 42.3 Å². The van der Waals surface area contributed by atoms with Crippen LogP contribution in [-0.4, -0.2) is 7.05 Å². The van der Waals surface area contributed by atoms with E-state index in [0.29, 0.717) is 5.56 Å². The molecule has 0 saturated heterocycles. The molecule has 1 unspecified atom stereocenters. The topological polar surface area (TPSA) is 12.0 Å². The number of benzene rings is 2. The Kier molecular flexibility index (Phi) is 4.27. The Bertz CT molecular complexity index is 529. The molecule has 0 heterocycles. The number of aryl methyl sites for hydroxylation is 1. The summed E-state index contributed by atoms with van der Waals surface area (Å²) in [7, 11) is 1.78. The maximum atomic E-state index is 13.3. The van der Waals surface area contributed by atoms with Gasteiger partial charge in [0.15, 0.2) is 0 Å². The SMILES string of the molecule is CCc1ccc(C(NC)c2cc(F)cc(F)c2)cc1. The molecule has 0 aliphatic rings. The summed E-state index contributed by atoms with van der Waals surface area (Å²) in [6, 6.07) is 11.4. The van der Waals surface area contributed by atoms with Crippen molar-refractivity contribution in [1.82, 2.24) is 5.32 Å². The molecule has 3 heteroatoms. The summed E-state index contributed by atoms with van der Waals surface area (Å²) in [4.78, 5) is 0. The van der Waals surface area contributed by atoms with E-state index in [9.17, 15) is 8.78 Å². The smallest absolute Gasteiger partial charge is 0.126 e. The van der Waals surface area contributed by atoms with Gasteiger partial charge >= 0.3 is 0 Å². The average molecular weight is 261 g/mol. The summed E-state index contributed by atoms with van der Waals surface area (Å²) in [6.45, 7) is 2.09. The van der Waals surface area contributed by atoms with Crippen molar-refractivity contribution in [3.63, 3.8) is 0 Å². The van der Waals surface area contributed by atoms with Gasteiger partial charge in [0.05, 0.1) is 6.04 Å². The highest BCUT2D eigenvalue weighted by Crippen LogP contribution is 2.23. The Hall–Kier alpha value is -1.74. The van der Waals surface area contributed by atoms with Gasteiger partial charge in [-0.15, -0.1) is 0 Å². The molecule has 1 nitrogen and oxygen atoms in total. The van der Waals surface area contributed by atoms with Crippen molar-refractivity contribution < 1.29 is 8.78 Å². The monoisotopic (exact) mass is 261 g/mol. The van der Waals surface area contributed by atoms with E-state index in [-0.39, 0.29) is 6.04 Å². The van der Waals surface area contributed by atoms with Crippen LogP contribution in [0.1, 0.15) is 29.7 Å². The van der Waals surface area contributed by atoms with Gasteiger partial charge in [0.1, 0.15) is 11.6 Å². The van der Waals surface area contributed by atoms with E-state index in [1.165, 1.54) is 17.7 Å². The van der Waals surface area contributed by atoms with Gasteiger partial charge in [0.2, 0.25) is 0 Å². The lowest BCUT2D eigenvalue weighted by atomic mass is 9.97. The molecule has 2 aromatic carbocycles. The summed E-state index contributed by atoms with van der Waals surface area (Å²) in [5, 5.41) is 3.09. The first-order valence-electron chi connectivity index (χ1n) is 6.36. The number of hydrogen-bond acceptors (Lipinski definition) is 1. The van der Waals surface area contributed by atoms with Gasteiger partial charge in [0.25, 0.3) is 0 Å². The molecule has 0 bridgehead atoms. The minimum Gasteiger partial charge on any atom is -0.309 e. The van der Waals surface area contributed by atoms with E-state index < -0.39 is 11.6 Å². The summed E-state index contributed by atoms with van der Waals surface area (Å²) in [5.74, 6) is -1.11. The van der Waals surface area contributed by atoms with Crippen LogP contribution in [0.4, 0.5) is 8.78 Å². The average Bonchev–Trinajstić information content (AvgIpc) is 2.39. The van der Waals surface area contributed by atoms with Crippen LogP contribution in [0, 0.1) is 11.6 Å². The van der Waals surface area contributed by atoms with Gasteiger partial charge in [-0.1, -0.05) is 31.2 Å². The fourth-order valence-corrected chi connectivity index (χ4v) is 2.21. The largest absolute Gasteiger partial charge is 0.309 e. The van der Waals surface area contributed by atoms with Gasteiger partial charge in [-0.25, -0.2) is 8.78 Å². The third-order valence-corrected chi connectivity index (χ3v) is 3.23. The van der Waals surface area contributed by atoms with Gasteiger partial charge in [-0.3, -0.25) is 0 Å². The van der Waals surface area contributed by atoms with Crippen LogP contribution < -0.4 is 5.32 Å². The standard InChI is InChI=1S/C16H17F2N/c1-3-11-4-6-12(7-5-11)16(19-2)13-8-14(17)10-15(18)9-13/h4-10,16,19H,3H2,1-2H3. The van der Waals surface area contributed by atoms with E-state index in [0.717, 1.165) is 18.1 Å². The predicted octanol–water partition coefficient (Wildman–Crippen LogP) is 3.84. The Morgan fingerprint density at radius 3 is 2.00 bits per heavy atom. The lowest BCUT2D eigenvalue weighted by Crippen LogP contribution is -2.18. The molecule has 2 aromatic rings. The van der Waals surface area contributed by atoms with Crippen molar-refractivity contribution in [2.24, 2.45) is 0 Å². The first-order chi connectivity index (χ1) is 9.13. The molecule has 0 spiro atoms. The molecule has 19 heavy (non-hydrogen) atoms. The second kappa shape index (κ2) is 5.93. The lowest BCUT2D eigenvalue weighted by Gasteiger charge is -2.18. The second-order valence-electron chi connectivity index (χ2n) is 4.52. The van der Waals surface area contributed by atoms with Crippen LogP contribution in [0.2, 0.25) is 0 Å². The maximum Gasteiger partial charge on any atom is 0.126 e. The van der Waals surface area contributed by atoms with Crippen LogP contribution >= 0.6 is 0 Å². The molecule has 0 aliphatic heterocycles. The number of halogens is 2. The first kappa shape index (κ1) is 13.7. The summed E-state index contributed by atoms with van der Waals surface area (Å²) >= 11 is 0. The van der Waals surface area contributed by atoms with E-state index in [2.05, 4.69) is 12.2 Å². The molecule has 0 saturated carbocycles. The first-order valence-corrected chi connectivity index (χ1v) is 6.36. The molecule has 100 valence electrons. The molecule has 2 rings (SSSR count). The number of rotatable bonds is 4. The molecular formula is C16H17F2N. The van der Waals surface area contributed by atoms with Gasteiger partial charge in [-0.2, -0.15) is 0 Å². The zero-order valence-electron chi connectivity index (χ0n) is 11.1. The Balaban J connectivity index is 2.37. The summed E-state index contributed by atoms with van der Waals surface area (Å²) < 4.78 is 26.6. The van der Waals surface area contributed by atoms with Crippen LogP contribution in [-0.2, 0) is 6.42 Å². The van der Waals surface area contributed by atoms with E-state index in [1.807, 2.05) is 24.3 Å². The number of hydrogen-bond donors (Lipinski definition) is 1. The third-order valence-electron chi connectivity index (χ3n) is 3.23. The van der Waals surface area contributed by atoms with Crippen LogP contribution in [0.5, 0.6) is 0 Å². The molecule has 0 radical (unpaired) electrons. The van der Waals surface area contributed by atoms with Gasteiger partial charge in [0, 0.05) is 6.07 Å². The highest BCUT2D eigenvalue weighted by molar-refractivity contribution is 5.34. The van der Waals surface area contributed by atoms with Crippen LogP contribution in [0.25, 0.3) is 0 Å². The summed E-state index contributed by atoms with van der Waals surface area (Å²) in [6.07, 6.45) is 0.971. The molecule has 1 atom stereocenters. The van der Waals surface area contributed by atoms with Crippen molar-refractivity contribution in [2.75, 3.05) is 7.05 Å². The zero-order valence-corrected chi connectivity index (χ0v) is 11.1. The molecule has 1 N–H and O–H groups in total. The zero-order chi connectivity index (χ0) is 13.8. The van der Waals surface area contributed by atoms with Crippen molar-refractivity contribution >= 4 is 0 Å². The quantitative estimate of drug-likeness (QED) is 0.881. The molecule has 0 fully saturated rings. The Morgan fingerprint density at radius 1 is 0.947 bits per heavy atom. The van der Waals surface area contributed by atoms with E-state index in [1.54, 1.807) is 7.05 Å². The minimum absolute atomic E-state index is 0.212. The third kappa shape index (κ3) is 3.18. The van der Waals surface area contributed by atoms with Crippen molar-refractivity contribution in [2.45, 2.75) is 19.4 Å². The highest BCUT2D eigenvalue weighted by atomic mass is 19.1. The van der Waals surface area contributed by atoms with E-state index in [4.69, 9.17) is 0 Å². The van der Waals surface area contributed by atoms with E-state index >= 15 is 0 Å². The lowest BCUT2D eigenvalue weighted by molar-refractivity contribution is 0.571. The molecule has 0 amide bonds. The second-order valence-corrected chi connectivity index (χ2v) is 4.52. The van der Waals surface area contributed by atoms with Crippen molar-refractivity contribution in [1.29, 1.82) is 0 Å². The Morgan fingerprint density at radius 2 is 1.53 bits per heavy atom. The fourth-order valence-electron chi connectivity index (χ4n) is 2.21. The molecule has 0 aromatic heterocycles. The molecular weight excluding hydrogens is 244 g/mol.